The Bertz CT molecular complexity index is 803. The predicted octanol–water partition coefficient (Wildman–Crippen LogP) is 5.08. The van der Waals surface area contributed by atoms with Crippen molar-refractivity contribution < 1.29 is 0 Å². The van der Waals surface area contributed by atoms with E-state index >= 15 is 0 Å². The van der Waals surface area contributed by atoms with Crippen molar-refractivity contribution in [3.63, 3.8) is 0 Å². The molecule has 1 aromatic heterocycles. The number of nitrogens with zero attached hydrogens (tertiary/aromatic N) is 4. The van der Waals surface area contributed by atoms with Gasteiger partial charge in [0.05, 0.1) is 11.4 Å². The molecular formula is C19H21ClN4. The molecule has 0 spiro atoms. The summed E-state index contributed by atoms with van der Waals surface area (Å²) in [6.07, 6.45) is 3.49. The van der Waals surface area contributed by atoms with Crippen molar-refractivity contribution in [1.82, 2.24) is 9.97 Å². The highest BCUT2D eigenvalue weighted by Gasteiger charge is 2.17. The van der Waals surface area contributed by atoms with E-state index in [-0.39, 0.29) is 5.28 Å². The number of anilines is 2. The number of para-hydroxylation sites is 1. The maximum Gasteiger partial charge on any atom is 0.224 e. The van der Waals surface area contributed by atoms with E-state index in [0.717, 1.165) is 35.5 Å². The molecule has 1 aromatic carbocycles. The monoisotopic (exact) mass is 340 g/mol. The summed E-state index contributed by atoms with van der Waals surface area (Å²) in [7, 11) is 1.94. The largest absolute Gasteiger partial charge is 0.326 e. The number of rotatable bonds is 4. The first-order valence-electron chi connectivity index (χ1n) is 7.96. The Morgan fingerprint density at radius 3 is 2.71 bits per heavy atom. The van der Waals surface area contributed by atoms with Crippen molar-refractivity contribution >= 4 is 35.0 Å². The molecule has 0 aliphatic heterocycles. The highest BCUT2D eigenvalue weighted by atomic mass is 35.5. The van der Waals surface area contributed by atoms with Gasteiger partial charge in [0.2, 0.25) is 5.28 Å². The molecule has 5 heteroatoms. The molecule has 0 aliphatic rings. The van der Waals surface area contributed by atoms with Crippen molar-refractivity contribution in [2.45, 2.75) is 33.6 Å². The molecule has 0 amide bonds. The van der Waals surface area contributed by atoms with Crippen LogP contribution in [0.4, 0.5) is 17.2 Å². The molecule has 24 heavy (non-hydrogen) atoms. The Labute approximate surface area is 148 Å². The van der Waals surface area contributed by atoms with Crippen LogP contribution in [0.15, 0.2) is 29.3 Å². The van der Waals surface area contributed by atoms with Crippen LogP contribution in [0, 0.1) is 18.8 Å². The molecular weight excluding hydrogens is 320 g/mol. The minimum Gasteiger partial charge on any atom is -0.326 e. The van der Waals surface area contributed by atoms with Gasteiger partial charge in [0, 0.05) is 25.2 Å². The SMILES string of the molecule is CCC#Cc1ccccc1N(C)c1nc(Cl)nc(C)c1N=CCC. The van der Waals surface area contributed by atoms with Gasteiger partial charge < -0.3 is 4.90 Å². The Morgan fingerprint density at radius 1 is 1.25 bits per heavy atom. The fraction of sp³-hybridized carbons (Fsp3) is 0.316. The van der Waals surface area contributed by atoms with E-state index in [0.29, 0.717) is 5.82 Å². The van der Waals surface area contributed by atoms with Gasteiger partial charge in [0.15, 0.2) is 5.82 Å². The van der Waals surface area contributed by atoms with Crippen LogP contribution in [0.2, 0.25) is 5.28 Å². The highest BCUT2D eigenvalue weighted by molar-refractivity contribution is 6.28. The second kappa shape index (κ2) is 8.47. The lowest BCUT2D eigenvalue weighted by Gasteiger charge is -2.22. The summed E-state index contributed by atoms with van der Waals surface area (Å²) in [4.78, 5) is 15.1. The molecule has 0 saturated carbocycles. The van der Waals surface area contributed by atoms with Gasteiger partial charge in [-0.3, -0.25) is 4.99 Å². The molecule has 0 unspecified atom stereocenters. The highest BCUT2D eigenvalue weighted by Crippen LogP contribution is 2.35. The second-order valence-corrected chi connectivity index (χ2v) is 5.54. The molecule has 0 N–H and O–H groups in total. The Kier molecular flexibility index (Phi) is 6.34. The number of aliphatic imine (C=N–C) groups is 1. The maximum absolute atomic E-state index is 6.08. The lowest BCUT2D eigenvalue weighted by atomic mass is 10.1. The number of halogens is 1. The third-order valence-electron chi connectivity index (χ3n) is 3.40. The minimum atomic E-state index is 0.210. The van der Waals surface area contributed by atoms with Crippen LogP contribution < -0.4 is 4.90 Å². The van der Waals surface area contributed by atoms with Gasteiger partial charge in [0.25, 0.3) is 0 Å². The quantitative estimate of drug-likeness (QED) is 0.442. The Hall–Kier alpha value is -2.38. The van der Waals surface area contributed by atoms with Gasteiger partial charge in [-0.05, 0) is 37.1 Å². The Morgan fingerprint density at radius 2 is 2.00 bits per heavy atom. The molecule has 2 aromatic rings. The smallest absolute Gasteiger partial charge is 0.224 e. The minimum absolute atomic E-state index is 0.210. The third-order valence-corrected chi connectivity index (χ3v) is 3.57. The third kappa shape index (κ3) is 4.12. The summed E-state index contributed by atoms with van der Waals surface area (Å²) in [5.74, 6) is 6.99. The van der Waals surface area contributed by atoms with E-state index < -0.39 is 0 Å². The lowest BCUT2D eigenvalue weighted by molar-refractivity contribution is 1.04. The Balaban J connectivity index is 2.58. The fourth-order valence-electron chi connectivity index (χ4n) is 2.26. The first-order valence-corrected chi connectivity index (χ1v) is 8.34. The van der Waals surface area contributed by atoms with Gasteiger partial charge >= 0.3 is 0 Å². The molecule has 2 rings (SSSR count). The van der Waals surface area contributed by atoms with Crippen LogP contribution in [0.5, 0.6) is 0 Å². The van der Waals surface area contributed by atoms with Crippen molar-refractivity contribution in [2.75, 3.05) is 11.9 Å². The van der Waals surface area contributed by atoms with Crippen molar-refractivity contribution in [1.29, 1.82) is 0 Å². The number of benzene rings is 1. The second-order valence-electron chi connectivity index (χ2n) is 5.20. The average Bonchev–Trinajstić information content (AvgIpc) is 2.58. The summed E-state index contributed by atoms with van der Waals surface area (Å²) < 4.78 is 0. The van der Waals surface area contributed by atoms with E-state index in [1.807, 2.05) is 63.2 Å². The zero-order valence-corrected chi connectivity index (χ0v) is 15.2. The van der Waals surface area contributed by atoms with E-state index in [9.17, 15) is 0 Å². The first kappa shape index (κ1) is 18.0. The van der Waals surface area contributed by atoms with E-state index in [4.69, 9.17) is 11.6 Å². The van der Waals surface area contributed by atoms with Crippen molar-refractivity contribution in [2.24, 2.45) is 4.99 Å². The van der Waals surface area contributed by atoms with Gasteiger partial charge in [-0.2, -0.15) is 4.98 Å². The molecule has 0 saturated heterocycles. The van der Waals surface area contributed by atoms with Gasteiger partial charge in [-0.1, -0.05) is 37.8 Å². The van der Waals surface area contributed by atoms with Crippen LogP contribution in [0.25, 0.3) is 0 Å². The molecule has 0 aliphatic carbocycles. The zero-order chi connectivity index (χ0) is 17.5. The summed E-state index contributed by atoms with van der Waals surface area (Å²) in [5.41, 5.74) is 3.38. The summed E-state index contributed by atoms with van der Waals surface area (Å²) in [6, 6.07) is 7.97. The number of aryl methyl sites for hydroxylation is 1. The topological polar surface area (TPSA) is 41.4 Å². The van der Waals surface area contributed by atoms with Crippen molar-refractivity contribution in [3.8, 4) is 11.8 Å². The molecule has 0 radical (unpaired) electrons. The fourth-order valence-corrected chi connectivity index (χ4v) is 2.46. The van der Waals surface area contributed by atoms with E-state index in [2.05, 4.69) is 26.8 Å². The molecule has 0 atom stereocenters. The number of hydrogen-bond acceptors (Lipinski definition) is 4. The van der Waals surface area contributed by atoms with Crippen LogP contribution in [-0.2, 0) is 0 Å². The normalized spacial score (nSPS) is 10.5. The van der Waals surface area contributed by atoms with E-state index in [1.165, 1.54) is 0 Å². The van der Waals surface area contributed by atoms with Crippen LogP contribution in [0.1, 0.15) is 37.9 Å². The number of hydrogen-bond donors (Lipinski definition) is 0. The van der Waals surface area contributed by atoms with Crippen LogP contribution in [-0.4, -0.2) is 23.2 Å². The van der Waals surface area contributed by atoms with E-state index in [1.54, 1.807) is 0 Å². The van der Waals surface area contributed by atoms with Gasteiger partial charge in [-0.25, -0.2) is 4.98 Å². The average molecular weight is 341 g/mol. The van der Waals surface area contributed by atoms with Crippen molar-refractivity contribution in [3.05, 3.63) is 40.8 Å². The summed E-state index contributed by atoms with van der Waals surface area (Å²) >= 11 is 6.08. The number of aromatic nitrogens is 2. The molecule has 0 bridgehead atoms. The molecule has 124 valence electrons. The molecule has 4 nitrogen and oxygen atoms in total. The van der Waals surface area contributed by atoms with Crippen LogP contribution in [0.3, 0.4) is 0 Å². The summed E-state index contributed by atoms with van der Waals surface area (Å²) in [6.45, 7) is 5.95. The first-order chi connectivity index (χ1) is 11.6. The standard InChI is InChI=1S/C19H21ClN4/c1-5-7-10-15-11-8-9-12-16(15)24(4)18-17(21-13-6-2)14(3)22-19(20)23-18/h8-9,11-13H,5-6H2,1-4H3. The molecule has 0 fully saturated rings. The van der Waals surface area contributed by atoms with Crippen LogP contribution >= 0.6 is 11.6 Å². The maximum atomic E-state index is 6.08. The lowest BCUT2D eigenvalue weighted by Crippen LogP contribution is -2.14. The molecule has 1 heterocycles. The zero-order valence-electron chi connectivity index (χ0n) is 14.5. The van der Waals surface area contributed by atoms with Gasteiger partial charge in [-0.15, -0.1) is 0 Å². The predicted molar refractivity (Wildman–Crippen MR) is 102 cm³/mol. The summed E-state index contributed by atoms with van der Waals surface area (Å²) in [5, 5.41) is 0.210. The van der Waals surface area contributed by atoms with Gasteiger partial charge in [0.1, 0.15) is 5.69 Å².